The van der Waals surface area contributed by atoms with Crippen LogP contribution in [-0.4, -0.2) is 89.6 Å². The van der Waals surface area contributed by atoms with Crippen molar-refractivity contribution in [2.75, 3.05) is 13.1 Å². The topological polar surface area (TPSA) is 272 Å². The number of nitrogens with zero attached hydrogens (tertiary/aromatic N) is 1. The number of hydrogen-bond donors (Lipinski definition) is 9. The van der Waals surface area contributed by atoms with Crippen LogP contribution in [0, 0.1) is 5.92 Å². The van der Waals surface area contributed by atoms with Gasteiger partial charge in [0.25, 0.3) is 0 Å². The molecular weight excluding hydrogens is 636 g/mol. The van der Waals surface area contributed by atoms with E-state index >= 15 is 0 Å². The number of hydrogen-bond acceptors (Lipinski definition) is 8. The van der Waals surface area contributed by atoms with Gasteiger partial charge in [0.1, 0.15) is 24.2 Å². The lowest BCUT2D eigenvalue weighted by molar-refractivity contribution is -0.135. The Bertz CT molecular complexity index is 1530. The van der Waals surface area contributed by atoms with Gasteiger partial charge in [-0.25, -0.2) is 0 Å². The van der Waals surface area contributed by atoms with E-state index in [1.165, 1.54) is 20.8 Å². The summed E-state index contributed by atoms with van der Waals surface area (Å²) in [4.78, 5) is 95.4. The van der Waals surface area contributed by atoms with E-state index in [0.29, 0.717) is 5.56 Å². The molecule has 11 N–H and O–H groups in total. The van der Waals surface area contributed by atoms with Crippen LogP contribution in [-0.2, 0) is 40.0 Å². The van der Waals surface area contributed by atoms with E-state index in [2.05, 4.69) is 41.9 Å². The number of nitrogens with one attached hydrogen (secondary N) is 7. The molecule has 7 amide bonds. The fraction of sp³-hybridized carbons (Fsp3) is 0.500. The van der Waals surface area contributed by atoms with E-state index in [9.17, 15) is 33.6 Å². The predicted octanol–water partition coefficient (Wildman–Crippen LogP) is -1.43. The number of carbonyl (C=O) groups is 7. The molecule has 2 aromatic rings. The SMILES string of the molecule is CC(=O)NC(=O)[C@H](Cc1c[nH]c2ccccc12)NC(=O)[C@H](CCCN=C(N)N)NC(=O)[C@H](CC(C)C)NC(=O)CNC(=O)[C@H](C)NC(C)=O. The molecule has 0 spiro atoms. The number of fused-ring (bicyclic) bond motifs is 1. The van der Waals surface area contributed by atoms with Gasteiger partial charge in [0.2, 0.25) is 41.4 Å². The Balaban J connectivity index is 2.26. The van der Waals surface area contributed by atoms with Crippen molar-refractivity contribution in [3.05, 3.63) is 36.0 Å². The number of aromatic amines is 1. The minimum atomic E-state index is -1.19. The zero-order valence-electron chi connectivity index (χ0n) is 28.5. The molecule has 4 atom stereocenters. The number of nitrogens with two attached hydrogens (primary N) is 2. The van der Waals surface area contributed by atoms with Crippen molar-refractivity contribution in [2.24, 2.45) is 22.4 Å². The second kappa shape index (κ2) is 19.4. The van der Waals surface area contributed by atoms with Gasteiger partial charge in [0.15, 0.2) is 5.96 Å². The first kappa shape index (κ1) is 39.7. The Morgan fingerprint density at radius 3 is 2.08 bits per heavy atom. The Labute approximate surface area is 284 Å². The first-order valence-electron chi connectivity index (χ1n) is 15.9. The van der Waals surface area contributed by atoms with E-state index in [4.69, 9.17) is 11.5 Å². The highest BCUT2D eigenvalue weighted by atomic mass is 16.2. The van der Waals surface area contributed by atoms with Crippen LogP contribution < -0.4 is 43.4 Å². The molecule has 1 aromatic heterocycles. The number of aliphatic imine (C=N–C) groups is 1. The quantitative estimate of drug-likeness (QED) is 0.0505. The third kappa shape index (κ3) is 14.0. The zero-order chi connectivity index (χ0) is 36.7. The van der Waals surface area contributed by atoms with Crippen molar-refractivity contribution in [2.45, 2.75) is 84.5 Å². The number of benzene rings is 1. The molecule has 1 heterocycles. The highest BCUT2D eigenvalue weighted by molar-refractivity contribution is 6.00. The molecule has 0 radical (unpaired) electrons. The van der Waals surface area contributed by atoms with Gasteiger partial charge in [-0.05, 0) is 43.7 Å². The van der Waals surface area contributed by atoms with Gasteiger partial charge in [0, 0.05) is 43.9 Å². The van der Waals surface area contributed by atoms with Crippen molar-refractivity contribution in [1.29, 1.82) is 0 Å². The maximum atomic E-state index is 13.7. The highest BCUT2D eigenvalue weighted by Gasteiger charge is 2.31. The maximum absolute atomic E-state index is 13.7. The monoisotopic (exact) mass is 684 g/mol. The lowest BCUT2D eigenvalue weighted by atomic mass is 10.0. The molecule has 0 saturated carbocycles. The zero-order valence-corrected chi connectivity index (χ0v) is 28.5. The average molecular weight is 685 g/mol. The normalized spacial score (nSPS) is 13.3. The van der Waals surface area contributed by atoms with Crippen LogP contribution in [0.2, 0.25) is 0 Å². The molecule has 0 unspecified atom stereocenters. The third-order valence-electron chi connectivity index (χ3n) is 7.20. The number of carbonyl (C=O) groups excluding carboxylic acids is 7. The number of guanidine groups is 1. The number of amides is 7. The van der Waals surface area contributed by atoms with E-state index in [-0.39, 0.29) is 44.1 Å². The summed E-state index contributed by atoms with van der Waals surface area (Å²) in [7, 11) is 0. The van der Waals surface area contributed by atoms with Crippen LogP contribution >= 0.6 is 0 Å². The lowest BCUT2D eigenvalue weighted by Gasteiger charge is -2.26. The van der Waals surface area contributed by atoms with Crippen LogP contribution in [0.15, 0.2) is 35.5 Å². The molecule has 0 saturated heterocycles. The number of H-pyrrole nitrogens is 1. The van der Waals surface area contributed by atoms with Crippen LogP contribution in [0.25, 0.3) is 10.9 Å². The second-order valence-electron chi connectivity index (χ2n) is 12.1. The Morgan fingerprint density at radius 2 is 1.45 bits per heavy atom. The Hall–Kier alpha value is -5.48. The molecule has 0 bridgehead atoms. The van der Waals surface area contributed by atoms with Crippen molar-refractivity contribution < 1.29 is 33.6 Å². The van der Waals surface area contributed by atoms with Crippen LogP contribution in [0.1, 0.15) is 59.4 Å². The van der Waals surface area contributed by atoms with Gasteiger partial charge in [0.05, 0.1) is 6.54 Å². The first-order chi connectivity index (χ1) is 23.1. The summed E-state index contributed by atoms with van der Waals surface area (Å²) in [6.07, 6.45) is 2.26. The van der Waals surface area contributed by atoms with Gasteiger partial charge in [-0.1, -0.05) is 32.0 Å². The van der Waals surface area contributed by atoms with E-state index in [0.717, 1.165) is 10.9 Å². The van der Waals surface area contributed by atoms with Crippen molar-refractivity contribution in [3.8, 4) is 0 Å². The van der Waals surface area contributed by atoms with Crippen LogP contribution in [0.5, 0.6) is 0 Å². The summed E-state index contributed by atoms with van der Waals surface area (Å²) >= 11 is 0. The molecule has 0 aliphatic carbocycles. The summed E-state index contributed by atoms with van der Waals surface area (Å²) in [6.45, 7) is 7.24. The Kier molecular flexibility index (Phi) is 15.7. The molecular formula is C32H48N10O7. The number of imide groups is 1. The standard InChI is InChI=1S/C32H48N10O7/c1-17(2)13-25(40-27(45)16-37-28(46)18(3)38-19(4)43)31(49)41-24(11-8-12-35-32(33)34)29(47)42-26(30(48)39-20(5)44)14-21-15-36-23-10-7-6-9-22(21)23/h6-7,9-10,15,17-18,24-26,36H,8,11-14,16H2,1-5H3,(H,37,46)(H,38,43)(H,40,45)(H,41,49)(H,42,47)(H4,33,34,35)(H,39,44,48)/t18-,24-,25-,26-/m0/s1. The Morgan fingerprint density at radius 1 is 0.796 bits per heavy atom. The third-order valence-corrected chi connectivity index (χ3v) is 7.20. The van der Waals surface area contributed by atoms with Gasteiger partial charge in [-0.15, -0.1) is 0 Å². The first-order valence-corrected chi connectivity index (χ1v) is 15.9. The predicted molar refractivity (Wildman–Crippen MR) is 182 cm³/mol. The number of rotatable bonds is 18. The van der Waals surface area contributed by atoms with Gasteiger partial charge in [-0.2, -0.15) is 0 Å². The van der Waals surface area contributed by atoms with Crippen molar-refractivity contribution in [1.82, 2.24) is 36.9 Å². The highest BCUT2D eigenvalue weighted by Crippen LogP contribution is 2.19. The summed E-state index contributed by atoms with van der Waals surface area (Å²) in [5, 5.41) is 15.8. The van der Waals surface area contributed by atoms with E-state index in [1.54, 1.807) is 6.20 Å². The minimum absolute atomic E-state index is 0.0296. The fourth-order valence-corrected chi connectivity index (χ4v) is 4.95. The summed E-state index contributed by atoms with van der Waals surface area (Å²) in [5.41, 5.74) is 12.4. The maximum Gasteiger partial charge on any atom is 0.249 e. The molecule has 2 rings (SSSR count). The molecule has 0 fully saturated rings. The molecule has 17 nitrogen and oxygen atoms in total. The van der Waals surface area contributed by atoms with Crippen LogP contribution in [0.4, 0.5) is 0 Å². The van der Waals surface area contributed by atoms with Crippen molar-refractivity contribution in [3.63, 3.8) is 0 Å². The number of aromatic nitrogens is 1. The molecule has 49 heavy (non-hydrogen) atoms. The summed E-state index contributed by atoms with van der Waals surface area (Å²) in [6, 6.07) is 3.04. The molecule has 0 aliphatic rings. The van der Waals surface area contributed by atoms with Crippen LogP contribution in [0.3, 0.4) is 0 Å². The van der Waals surface area contributed by atoms with Gasteiger partial charge < -0.3 is 43.0 Å². The van der Waals surface area contributed by atoms with Gasteiger partial charge in [-0.3, -0.25) is 43.9 Å². The smallest absolute Gasteiger partial charge is 0.249 e. The second-order valence-corrected chi connectivity index (χ2v) is 12.1. The molecule has 1 aromatic carbocycles. The minimum Gasteiger partial charge on any atom is -0.370 e. The van der Waals surface area contributed by atoms with Gasteiger partial charge >= 0.3 is 0 Å². The summed E-state index contributed by atoms with van der Waals surface area (Å²) < 4.78 is 0. The molecule has 17 heteroatoms. The molecule has 0 aliphatic heterocycles. The number of para-hydroxylation sites is 1. The fourth-order valence-electron chi connectivity index (χ4n) is 4.95. The summed E-state index contributed by atoms with van der Waals surface area (Å²) in [5.74, 6) is -4.63. The average Bonchev–Trinajstić information content (AvgIpc) is 3.42. The van der Waals surface area contributed by atoms with E-state index in [1.807, 2.05) is 38.1 Å². The molecule has 268 valence electrons. The van der Waals surface area contributed by atoms with Crippen molar-refractivity contribution >= 4 is 58.2 Å². The van der Waals surface area contributed by atoms with E-state index < -0.39 is 72.1 Å². The largest absolute Gasteiger partial charge is 0.370 e. The lowest BCUT2D eigenvalue weighted by Crippen LogP contribution is -2.58.